The third-order valence-electron chi connectivity index (χ3n) is 4.73. The minimum Gasteiger partial charge on any atom is -0.296 e. The van der Waals surface area contributed by atoms with Gasteiger partial charge in [-0.1, -0.05) is 19.3 Å². The van der Waals surface area contributed by atoms with Gasteiger partial charge < -0.3 is 0 Å². The molecular weight excluding hydrogens is 296 g/mol. The molecule has 0 amide bonds. The monoisotopic (exact) mass is 324 g/mol. The summed E-state index contributed by atoms with van der Waals surface area (Å²) in [5, 5.41) is 0. The second kappa shape index (κ2) is 7.84. The molecule has 0 aliphatic heterocycles. The van der Waals surface area contributed by atoms with Crippen LogP contribution in [0.15, 0.2) is 24.5 Å². The number of rotatable bonds is 5. The highest BCUT2D eigenvalue weighted by atomic mass is 15.1. The molecule has 4 heteroatoms. The normalized spacial score (nSPS) is 15.8. The van der Waals surface area contributed by atoms with Gasteiger partial charge >= 0.3 is 0 Å². The standard InChI is InChI=1S/C20H28N4/c1-15-9-16(2)23-19(10-15)14-24(3)13-17-11-21-20(22-12-17)18-7-5-4-6-8-18/h9-12,18H,4-8,13-14H2,1-3H3. The number of pyridine rings is 1. The van der Waals surface area contributed by atoms with Crippen LogP contribution < -0.4 is 0 Å². The molecule has 0 saturated heterocycles. The summed E-state index contributed by atoms with van der Waals surface area (Å²) in [5.41, 5.74) is 4.64. The van der Waals surface area contributed by atoms with Gasteiger partial charge in [-0.25, -0.2) is 9.97 Å². The van der Waals surface area contributed by atoms with Crippen LogP contribution in [0.2, 0.25) is 0 Å². The topological polar surface area (TPSA) is 41.9 Å². The molecule has 2 heterocycles. The highest BCUT2D eigenvalue weighted by Crippen LogP contribution is 2.30. The van der Waals surface area contributed by atoms with Crippen LogP contribution in [-0.4, -0.2) is 26.9 Å². The summed E-state index contributed by atoms with van der Waals surface area (Å²) < 4.78 is 0. The van der Waals surface area contributed by atoms with Crippen molar-refractivity contribution in [3.8, 4) is 0 Å². The van der Waals surface area contributed by atoms with E-state index in [0.717, 1.165) is 30.3 Å². The molecule has 24 heavy (non-hydrogen) atoms. The molecule has 1 aliphatic rings. The Morgan fingerprint density at radius 1 is 1.00 bits per heavy atom. The van der Waals surface area contributed by atoms with E-state index < -0.39 is 0 Å². The Hall–Kier alpha value is -1.81. The molecule has 3 rings (SSSR count). The Labute approximate surface area is 145 Å². The molecule has 2 aromatic rings. The molecule has 0 spiro atoms. The minimum atomic E-state index is 0.574. The van der Waals surface area contributed by atoms with Gasteiger partial charge in [0.25, 0.3) is 0 Å². The van der Waals surface area contributed by atoms with E-state index in [0.29, 0.717) is 5.92 Å². The van der Waals surface area contributed by atoms with E-state index >= 15 is 0 Å². The second-order valence-electron chi connectivity index (χ2n) is 7.23. The zero-order chi connectivity index (χ0) is 16.9. The summed E-state index contributed by atoms with van der Waals surface area (Å²) in [4.78, 5) is 16.2. The summed E-state index contributed by atoms with van der Waals surface area (Å²) in [6.45, 7) is 5.86. The molecule has 128 valence electrons. The Kier molecular flexibility index (Phi) is 5.56. The van der Waals surface area contributed by atoms with Gasteiger partial charge in [0.2, 0.25) is 0 Å². The maximum Gasteiger partial charge on any atom is 0.131 e. The SMILES string of the molecule is Cc1cc(C)nc(CN(C)Cc2cnc(C3CCCCC3)nc2)c1. The van der Waals surface area contributed by atoms with Crippen LogP contribution in [0.4, 0.5) is 0 Å². The molecular formula is C20H28N4. The van der Waals surface area contributed by atoms with Gasteiger partial charge in [0.05, 0.1) is 5.69 Å². The Bertz CT molecular complexity index is 640. The average Bonchev–Trinajstić information content (AvgIpc) is 2.55. The molecule has 0 aromatic carbocycles. The van der Waals surface area contributed by atoms with Crippen molar-refractivity contribution in [1.29, 1.82) is 0 Å². The summed E-state index contributed by atoms with van der Waals surface area (Å²) in [6.07, 6.45) is 10.5. The minimum absolute atomic E-state index is 0.574. The summed E-state index contributed by atoms with van der Waals surface area (Å²) in [5.74, 6) is 1.61. The number of hydrogen-bond donors (Lipinski definition) is 0. The van der Waals surface area contributed by atoms with E-state index in [1.165, 1.54) is 43.2 Å². The van der Waals surface area contributed by atoms with Gasteiger partial charge in [0, 0.05) is 42.7 Å². The van der Waals surface area contributed by atoms with E-state index in [4.69, 9.17) is 0 Å². The average molecular weight is 324 g/mol. The molecule has 0 atom stereocenters. The van der Waals surface area contributed by atoms with Crippen LogP contribution in [0, 0.1) is 13.8 Å². The first-order valence-electron chi connectivity index (χ1n) is 9.03. The van der Waals surface area contributed by atoms with Crippen LogP contribution >= 0.6 is 0 Å². The fraction of sp³-hybridized carbons (Fsp3) is 0.550. The lowest BCUT2D eigenvalue weighted by Gasteiger charge is -2.20. The molecule has 0 unspecified atom stereocenters. The van der Waals surface area contributed by atoms with Crippen LogP contribution in [0.1, 0.15) is 66.4 Å². The van der Waals surface area contributed by atoms with Gasteiger partial charge in [-0.3, -0.25) is 9.88 Å². The molecule has 1 aliphatic carbocycles. The van der Waals surface area contributed by atoms with Crippen LogP contribution in [-0.2, 0) is 13.1 Å². The number of aromatic nitrogens is 3. The van der Waals surface area contributed by atoms with Crippen molar-refractivity contribution in [1.82, 2.24) is 19.9 Å². The number of aryl methyl sites for hydroxylation is 2. The molecule has 1 saturated carbocycles. The quantitative estimate of drug-likeness (QED) is 0.828. The first-order chi connectivity index (χ1) is 11.6. The summed E-state index contributed by atoms with van der Waals surface area (Å²) >= 11 is 0. The molecule has 0 radical (unpaired) electrons. The molecule has 4 nitrogen and oxygen atoms in total. The highest BCUT2D eigenvalue weighted by molar-refractivity contribution is 5.19. The summed E-state index contributed by atoms with van der Waals surface area (Å²) in [7, 11) is 2.12. The van der Waals surface area contributed by atoms with E-state index in [2.05, 4.69) is 46.0 Å². The fourth-order valence-corrected chi connectivity index (χ4v) is 3.67. The van der Waals surface area contributed by atoms with E-state index in [-0.39, 0.29) is 0 Å². The third-order valence-corrected chi connectivity index (χ3v) is 4.73. The lowest BCUT2D eigenvalue weighted by molar-refractivity contribution is 0.313. The Balaban J connectivity index is 1.58. The van der Waals surface area contributed by atoms with Crippen molar-refractivity contribution in [2.45, 2.75) is 65.0 Å². The molecule has 2 aromatic heterocycles. The lowest BCUT2D eigenvalue weighted by Crippen LogP contribution is -2.19. The van der Waals surface area contributed by atoms with Crippen molar-refractivity contribution >= 4 is 0 Å². The van der Waals surface area contributed by atoms with Crippen molar-refractivity contribution < 1.29 is 0 Å². The smallest absolute Gasteiger partial charge is 0.131 e. The van der Waals surface area contributed by atoms with Gasteiger partial charge in [-0.15, -0.1) is 0 Å². The highest BCUT2D eigenvalue weighted by Gasteiger charge is 2.17. The lowest BCUT2D eigenvalue weighted by atomic mass is 9.89. The number of hydrogen-bond acceptors (Lipinski definition) is 4. The van der Waals surface area contributed by atoms with Crippen LogP contribution in [0.5, 0.6) is 0 Å². The van der Waals surface area contributed by atoms with Gasteiger partial charge in [-0.05, 0) is 51.4 Å². The predicted octanol–water partition coefficient (Wildman–Crippen LogP) is 4.17. The maximum atomic E-state index is 4.64. The zero-order valence-corrected chi connectivity index (χ0v) is 15.1. The maximum absolute atomic E-state index is 4.64. The van der Waals surface area contributed by atoms with E-state index in [9.17, 15) is 0 Å². The molecule has 0 N–H and O–H groups in total. The van der Waals surface area contributed by atoms with Crippen molar-refractivity contribution in [2.24, 2.45) is 0 Å². The predicted molar refractivity (Wildman–Crippen MR) is 96.7 cm³/mol. The van der Waals surface area contributed by atoms with Crippen LogP contribution in [0.25, 0.3) is 0 Å². The molecule has 1 fully saturated rings. The third kappa shape index (κ3) is 4.60. The van der Waals surface area contributed by atoms with Crippen molar-refractivity contribution in [3.05, 3.63) is 52.9 Å². The van der Waals surface area contributed by atoms with Crippen molar-refractivity contribution in [3.63, 3.8) is 0 Å². The fourth-order valence-electron chi connectivity index (χ4n) is 3.67. The second-order valence-corrected chi connectivity index (χ2v) is 7.23. The van der Waals surface area contributed by atoms with Gasteiger partial charge in [0.1, 0.15) is 5.82 Å². The van der Waals surface area contributed by atoms with Crippen molar-refractivity contribution in [2.75, 3.05) is 7.05 Å². The largest absolute Gasteiger partial charge is 0.296 e. The first kappa shape index (κ1) is 17.0. The van der Waals surface area contributed by atoms with E-state index in [1.807, 2.05) is 19.3 Å². The Morgan fingerprint density at radius 3 is 2.38 bits per heavy atom. The first-order valence-corrected chi connectivity index (χ1v) is 9.03. The van der Waals surface area contributed by atoms with Gasteiger partial charge in [-0.2, -0.15) is 0 Å². The summed E-state index contributed by atoms with van der Waals surface area (Å²) in [6, 6.07) is 4.27. The van der Waals surface area contributed by atoms with Gasteiger partial charge in [0.15, 0.2) is 0 Å². The molecule has 0 bridgehead atoms. The zero-order valence-electron chi connectivity index (χ0n) is 15.1. The van der Waals surface area contributed by atoms with E-state index in [1.54, 1.807) is 0 Å². The number of nitrogens with zero attached hydrogens (tertiary/aromatic N) is 4. The van der Waals surface area contributed by atoms with Crippen LogP contribution in [0.3, 0.4) is 0 Å². The Morgan fingerprint density at radius 2 is 1.71 bits per heavy atom.